The van der Waals surface area contributed by atoms with Crippen LogP contribution in [0.25, 0.3) is 11.4 Å². The minimum atomic E-state index is 0.813. The average Bonchev–Trinajstić information content (AvgIpc) is 2.91. The zero-order valence-corrected chi connectivity index (χ0v) is 16.2. The molecule has 2 heterocycles. The average molecular weight is 358 g/mol. The van der Waals surface area contributed by atoms with Crippen LogP contribution in [0.2, 0.25) is 0 Å². The van der Waals surface area contributed by atoms with Gasteiger partial charge >= 0.3 is 0 Å². The molecule has 3 atom stereocenters. The van der Waals surface area contributed by atoms with Crippen LogP contribution in [-0.2, 0) is 13.7 Å². The van der Waals surface area contributed by atoms with Crippen molar-refractivity contribution in [3.8, 4) is 11.4 Å². The second kappa shape index (κ2) is 7.04. The van der Waals surface area contributed by atoms with E-state index in [0.717, 1.165) is 29.2 Å². The van der Waals surface area contributed by atoms with Gasteiger partial charge in [0.25, 0.3) is 0 Å². The fourth-order valence-corrected chi connectivity index (χ4v) is 5.10. The summed E-state index contributed by atoms with van der Waals surface area (Å²) in [6.07, 6.45) is 8.40. The maximum Gasteiger partial charge on any atom is 0.202 e. The first-order valence-corrected chi connectivity index (χ1v) is 10.1. The molecule has 1 aliphatic heterocycles. The molecule has 134 valence electrons. The van der Waals surface area contributed by atoms with Crippen LogP contribution in [0.4, 0.5) is 0 Å². The summed E-state index contributed by atoms with van der Waals surface area (Å²) in [5, 5.41) is 4.93. The molecule has 4 nitrogen and oxygen atoms in total. The van der Waals surface area contributed by atoms with Crippen LogP contribution in [0.15, 0.2) is 24.3 Å². The summed E-state index contributed by atoms with van der Waals surface area (Å²) < 4.78 is 4.98. The Bertz CT molecular complexity index is 804. The third-order valence-electron chi connectivity index (χ3n) is 6.29. The normalized spacial score (nSPS) is 26.4. The van der Waals surface area contributed by atoms with Crippen LogP contribution in [0.3, 0.4) is 0 Å². The lowest BCUT2D eigenvalue weighted by molar-refractivity contribution is -0.958. The number of nitrogens with one attached hydrogen (secondary N) is 1. The third-order valence-corrected chi connectivity index (χ3v) is 6.77. The summed E-state index contributed by atoms with van der Waals surface area (Å²) in [6.45, 7) is 4.32. The Hall–Kier alpha value is -1.46. The summed E-state index contributed by atoms with van der Waals surface area (Å²) in [4.78, 5) is 1.70. The lowest BCUT2D eigenvalue weighted by atomic mass is 9.78. The predicted octanol–water partition coefficient (Wildman–Crippen LogP) is 3.12. The Morgan fingerprint density at radius 2 is 1.92 bits per heavy atom. The molecule has 2 fully saturated rings. The number of piperidine rings is 1. The number of hydrogen-bond acceptors (Lipinski definition) is 2. The fraction of sp³-hybridized carbons (Fsp3) is 0.600. The third kappa shape index (κ3) is 3.20. The van der Waals surface area contributed by atoms with Crippen molar-refractivity contribution in [3.63, 3.8) is 0 Å². The molecule has 0 bridgehead atoms. The van der Waals surface area contributed by atoms with Gasteiger partial charge in [-0.2, -0.15) is 4.68 Å². The molecular formula is C20H29N4S+. The molecular weight excluding hydrogens is 328 g/mol. The number of hydrogen-bond donors (Lipinski definition) is 1. The number of likely N-dealkylation sites (tertiary alicyclic amines) is 1. The Morgan fingerprint density at radius 3 is 2.76 bits per heavy atom. The van der Waals surface area contributed by atoms with E-state index in [2.05, 4.69) is 40.4 Å². The molecule has 0 radical (unpaired) electrons. The number of aromatic nitrogens is 3. The quantitative estimate of drug-likeness (QED) is 0.855. The van der Waals surface area contributed by atoms with Gasteiger partial charge in [0, 0.05) is 18.5 Å². The predicted molar refractivity (Wildman–Crippen MR) is 103 cm³/mol. The highest BCUT2D eigenvalue weighted by Crippen LogP contribution is 2.28. The van der Waals surface area contributed by atoms with E-state index in [4.69, 9.17) is 17.3 Å². The molecule has 25 heavy (non-hydrogen) atoms. The van der Waals surface area contributed by atoms with Crippen LogP contribution >= 0.6 is 12.2 Å². The second-order valence-electron chi connectivity index (χ2n) is 7.84. The van der Waals surface area contributed by atoms with Gasteiger partial charge in [0.05, 0.1) is 12.6 Å². The van der Waals surface area contributed by atoms with E-state index >= 15 is 0 Å². The van der Waals surface area contributed by atoms with E-state index in [1.54, 1.807) is 4.90 Å². The minimum Gasteiger partial charge on any atom is -0.314 e. The van der Waals surface area contributed by atoms with Gasteiger partial charge in [0.1, 0.15) is 0 Å². The van der Waals surface area contributed by atoms with Gasteiger partial charge in [-0.3, -0.25) is 0 Å². The molecule has 0 amide bonds. The first-order chi connectivity index (χ1) is 12.1. The number of fused-ring (bicyclic) bond motifs is 1. The van der Waals surface area contributed by atoms with Gasteiger partial charge in [-0.1, -0.05) is 30.7 Å². The summed E-state index contributed by atoms with van der Waals surface area (Å²) >= 11 is 5.72. The molecule has 1 N–H and O–H groups in total. The first kappa shape index (κ1) is 17.0. The molecule has 5 heteroatoms. The van der Waals surface area contributed by atoms with E-state index in [1.807, 2.05) is 7.05 Å². The maximum absolute atomic E-state index is 5.72. The molecule has 1 unspecified atom stereocenters. The van der Waals surface area contributed by atoms with E-state index in [-0.39, 0.29) is 0 Å². The molecule has 1 saturated carbocycles. The van der Waals surface area contributed by atoms with Crippen molar-refractivity contribution in [2.75, 3.05) is 6.54 Å². The van der Waals surface area contributed by atoms with Crippen LogP contribution in [0.5, 0.6) is 0 Å². The standard InChI is InChI=1S/C20H28N4S/c1-15-8-3-5-11-17(15)19-21-24(20(25)22(19)2)14-23-13-7-10-16-9-4-6-12-18(16)23/h3,5,8,11,16,18H,4,6-7,9-10,12-14H2,1-2H3/p+1/t16-,18+/m1/s1. The zero-order chi connectivity index (χ0) is 17.4. The fourth-order valence-electron chi connectivity index (χ4n) is 4.91. The van der Waals surface area contributed by atoms with Crippen molar-refractivity contribution in [2.24, 2.45) is 13.0 Å². The van der Waals surface area contributed by atoms with Crippen molar-refractivity contribution >= 4 is 12.2 Å². The van der Waals surface area contributed by atoms with Crippen molar-refractivity contribution in [3.05, 3.63) is 34.6 Å². The van der Waals surface area contributed by atoms with Crippen LogP contribution in [0, 0.1) is 17.6 Å². The first-order valence-electron chi connectivity index (χ1n) is 9.69. The number of benzene rings is 1. The topological polar surface area (TPSA) is 27.2 Å². The Balaban J connectivity index is 1.62. The molecule has 1 saturated heterocycles. The minimum absolute atomic E-state index is 0.813. The number of quaternary nitrogens is 1. The number of rotatable bonds is 3. The van der Waals surface area contributed by atoms with Gasteiger partial charge < -0.3 is 9.47 Å². The lowest BCUT2D eigenvalue weighted by Crippen LogP contribution is -3.17. The number of aryl methyl sites for hydroxylation is 1. The summed E-state index contributed by atoms with van der Waals surface area (Å²) in [6, 6.07) is 9.24. The van der Waals surface area contributed by atoms with Gasteiger partial charge in [-0.15, -0.1) is 5.10 Å². The largest absolute Gasteiger partial charge is 0.314 e. The monoisotopic (exact) mass is 357 g/mol. The molecule has 0 spiro atoms. The van der Waals surface area contributed by atoms with Crippen molar-refractivity contribution < 1.29 is 4.90 Å². The smallest absolute Gasteiger partial charge is 0.202 e. The van der Waals surface area contributed by atoms with Gasteiger partial charge in [-0.25, -0.2) is 0 Å². The van der Waals surface area contributed by atoms with Gasteiger partial charge in [0.15, 0.2) is 12.5 Å². The Morgan fingerprint density at radius 1 is 1.16 bits per heavy atom. The van der Waals surface area contributed by atoms with Crippen molar-refractivity contribution in [1.82, 2.24) is 14.3 Å². The van der Waals surface area contributed by atoms with Crippen molar-refractivity contribution in [2.45, 2.75) is 58.2 Å². The lowest BCUT2D eigenvalue weighted by Gasteiger charge is -2.40. The zero-order valence-electron chi connectivity index (χ0n) is 15.4. The van der Waals surface area contributed by atoms with E-state index in [9.17, 15) is 0 Å². The molecule has 4 rings (SSSR count). The molecule has 2 aromatic rings. The summed E-state index contributed by atoms with van der Waals surface area (Å²) in [7, 11) is 2.04. The van der Waals surface area contributed by atoms with E-state index < -0.39 is 0 Å². The Kier molecular flexibility index (Phi) is 4.78. The molecule has 1 aliphatic carbocycles. The highest BCUT2D eigenvalue weighted by molar-refractivity contribution is 7.71. The molecule has 1 aromatic carbocycles. The second-order valence-corrected chi connectivity index (χ2v) is 8.20. The highest BCUT2D eigenvalue weighted by atomic mass is 32.1. The SMILES string of the molecule is Cc1ccccc1-c1nn(C[NH+]2CCC[C@H]3CCCC[C@@H]32)c(=S)n1C. The van der Waals surface area contributed by atoms with Crippen LogP contribution in [0.1, 0.15) is 44.1 Å². The van der Waals surface area contributed by atoms with Crippen molar-refractivity contribution in [1.29, 1.82) is 0 Å². The Labute approximate surface area is 155 Å². The van der Waals surface area contributed by atoms with Crippen LogP contribution in [-0.4, -0.2) is 26.9 Å². The van der Waals surface area contributed by atoms with E-state index in [0.29, 0.717) is 0 Å². The summed E-state index contributed by atoms with van der Waals surface area (Å²) in [5.74, 6) is 1.91. The van der Waals surface area contributed by atoms with Gasteiger partial charge in [-0.05, 0) is 56.8 Å². The molecule has 2 aliphatic rings. The number of nitrogens with zero attached hydrogens (tertiary/aromatic N) is 3. The maximum atomic E-state index is 5.72. The van der Waals surface area contributed by atoms with Gasteiger partial charge in [0.2, 0.25) is 4.77 Å². The van der Waals surface area contributed by atoms with E-state index in [1.165, 1.54) is 56.2 Å². The molecule has 1 aromatic heterocycles. The highest BCUT2D eigenvalue weighted by Gasteiger charge is 2.36. The summed E-state index contributed by atoms with van der Waals surface area (Å²) in [5.41, 5.74) is 2.43. The van der Waals surface area contributed by atoms with Crippen LogP contribution < -0.4 is 4.90 Å².